The van der Waals surface area contributed by atoms with Crippen LogP contribution in [-0.2, 0) is 19.2 Å². The molecule has 1 N–H and O–H groups in total. The smallest absolute Gasteiger partial charge is 1.00 e. The number of anilines is 1. The van der Waals surface area contributed by atoms with Gasteiger partial charge in [0.1, 0.15) is 11.7 Å². The van der Waals surface area contributed by atoms with E-state index in [4.69, 9.17) is 0 Å². The minimum Gasteiger partial charge on any atom is -1.00 e. The van der Waals surface area contributed by atoms with Gasteiger partial charge in [0.05, 0.1) is 6.04 Å². The number of aliphatic carboxylic acids is 1. The first kappa shape index (κ1) is 21.8. The first-order valence-electron chi connectivity index (χ1n) is 10.0. The van der Waals surface area contributed by atoms with E-state index in [9.17, 15) is 24.3 Å². The van der Waals surface area contributed by atoms with Crippen LogP contribution in [0.4, 0.5) is 5.69 Å². The molecule has 3 saturated heterocycles. The molecule has 0 radical (unpaired) electrons. The van der Waals surface area contributed by atoms with Crippen LogP contribution >= 0.6 is 0 Å². The molecule has 0 aliphatic carbocycles. The number of carbonyl (C=O) groups is 4. The Morgan fingerprint density at radius 3 is 2.55 bits per heavy atom. The Morgan fingerprint density at radius 2 is 1.90 bits per heavy atom. The van der Waals surface area contributed by atoms with Gasteiger partial charge in [-0.25, -0.2) is 4.79 Å². The van der Waals surface area contributed by atoms with Crippen LogP contribution in [0.5, 0.6) is 0 Å². The van der Waals surface area contributed by atoms with Gasteiger partial charge in [0.15, 0.2) is 0 Å². The molecular formula is C22H22N3NaO5. The van der Waals surface area contributed by atoms with Crippen molar-refractivity contribution in [3.63, 3.8) is 0 Å². The summed E-state index contributed by atoms with van der Waals surface area (Å²) in [5.41, 5.74) is 1.77. The fourth-order valence-electron chi connectivity index (χ4n) is 5.24. The number of amides is 3. The fourth-order valence-corrected chi connectivity index (χ4v) is 5.24. The van der Waals surface area contributed by atoms with E-state index in [1.807, 2.05) is 30.3 Å². The number of likely N-dealkylation sites (tertiary alicyclic amines) is 1. The molecule has 0 bridgehead atoms. The topological polar surface area (TPSA) is 98.2 Å². The molecule has 156 valence electrons. The molecule has 0 saturated carbocycles. The Hall–Kier alpha value is -2.42. The molecule has 3 amide bonds. The third-order valence-electron chi connectivity index (χ3n) is 6.54. The number of para-hydroxylation sites is 1. The average Bonchev–Trinajstić information content (AvgIpc) is 3.27. The quantitative estimate of drug-likeness (QED) is 0.348. The molecule has 5 rings (SSSR count). The van der Waals surface area contributed by atoms with Crippen LogP contribution in [0.1, 0.15) is 21.2 Å². The van der Waals surface area contributed by atoms with Gasteiger partial charge in [0.2, 0.25) is 5.91 Å². The second-order valence-corrected chi connectivity index (χ2v) is 8.17. The zero-order chi connectivity index (χ0) is 21.2. The summed E-state index contributed by atoms with van der Waals surface area (Å²) in [5.74, 6) is -1.88. The number of carboxylic acid groups (broad SMARTS) is 1. The van der Waals surface area contributed by atoms with E-state index >= 15 is 0 Å². The van der Waals surface area contributed by atoms with Crippen LogP contribution in [0, 0.1) is 5.92 Å². The first-order chi connectivity index (χ1) is 14.4. The van der Waals surface area contributed by atoms with Gasteiger partial charge >= 0.3 is 35.5 Å². The van der Waals surface area contributed by atoms with Crippen molar-refractivity contribution >= 4 is 29.4 Å². The van der Waals surface area contributed by atoms with Crippen LogP contribution in [0.3, 0.4) is 0 Å². The molecule has 9 heteroatoms. The molecular weight excluding hydrogens is 409 g/mol. The SMILES string of the molecule is CC(=O)N1C[C@H]2CC(/C=C3\CCN(c4ccccc4)C3=O)=C(C(=O)O)N3C(=O)[C@@H]1[C@@H]23.[H-].[Na+]. The average molecular weight is 431 g/mol. The molecule has 31 heavy (non-hydrogen) atoms. The van der Waals surface area contributed by atoms with Crippen LogP contribution in [0.25, 0.3) is 0 Å². The number of hydrogen-bond acceptors (Lipinski definition) is 4. The minimum atomic E-state index is -1.18. The summed E-state index contributed by atoms with van der Waals surface area (Å²) < 4.78 is 0. The maximum atomic E-state index is 12.9. The maximum absolute atomic E-state index is 12.9. The van der Waals surface area contributed by atoms with Crippen LogP contribution in [0.2, 0.25) is 0 Å². The predicted molar refractivity (Wildman–Crippen MR) is 107 cm³/mol. The largest absolute Gasteiger partial charge is 1.00 e. The van der Waals surface area contributed by atoms with Crippen LogP contribution in [-0.4, -0.2) is 63.8 Å². The van der Waals surface area contributed by atoms with Crippen molar-refractivity contribution in [2.24, 2.45) is 5.92 Å². The maximum Gasteiger partial charge on any atom is 1.00 e. The van der Waals surface area contributed by atoms with Crippen molar-refractivity contribution in [2.45, 2.75) is 31.8 Å². The molecule has 4 aliphatic heterocycles. The van der Waals surface area contributed by atoms with E-state index in [1.165, 1.54) is 11.8 Å². The summed E-state index contributed by atoms with van der Waals surface area (Å²) in [6.45, 7) is 2.38. The van der Waals surface area contributed by atoms with Crippen molar-refractivity contribution in [3.8, 4) is 0 Å². The summed E-state index contributed by atoms with van der Waals surface area (Å²) in [5, 5.41) is 9.83. The van der Waals surface area contributed by atoms with Gasteiger partial charge in [-0.1, -0.05) is 18.2 Å². The predicted octanol–water partition coefficient (Wildman–Crippen LogP) is -1.73. The summed E-state index contributed by atoms with van der Waals surface area (Å²) in [6, 6.07) is 8.50. The molecule has 0 spiro atoms. The number of benzene rings is 1. The standard InChI is InChI=1S/C22H21N3O5.Na.H/c1-12(26)24-11-15-10-14(18(22(29)30)25-17(15)19(24)21(25)28)9-13-7-8-23(20(13)27)16-5-3-2-4-6-16;;/h2-6,9,15,17,19H,7-8,10-11H2,1H3,(H,29,30);;/q;+1;-1/b13-9+;;/t15-,17-,19+;;/m1../s1. The molecule has 3 fully saturated rings. The first-order valence-corrected chi connectivity index (χ1v) is 10.0. The van der Waals surface area contributed by atoms with Crippen molar-refractivity contribution in [1.29, 1.82) is 0 Å². The van der Waals surface area contributed by atoms with Gasteiger partial charge in [0.25, 0.3) is 11.8 Å². The van der Waals surface area contributed by atoms with Gasteiger partial charge in [-0.2, -0.15) is 0 Å². The second kappa shape index (κ2) is 7.93. The number of nitrogens with zero attached hydrogens (tertiary/aromatic N) is 3. The molecule has 4 heterocycles. The zero-order valence-electron chi connectivity index (χ0n) is 18.4. The van der Waals surface area contributed by atoms with Gasteiger partial charge in [-0.15, -0.1) is 0 Å². The fraction of sp³-hybridized carbons (Fsp3) is 0.364. The van der Waals surface area contributed by atoms with Crippen molar-refractivity contribution < 1.29 is 55.3 Å². The van der Waals surface area contributed by atoms with Crippen molar-refractivity contribution in [3.05, 3.63) is 53.3 Å². The monoisotopic (exact) mass is 431 g/mol. The van der Waals surface area contributed by atoms with E-state index in [1.54, 1.807) is 15.9 Å². The van der Waals surface area contributed by atoms with Crippen molar-refractivity contribution in [2.75, 3.05) is 18.0 Å². The summed E-state index contributed by atoms with van der Waals surface area (Å²) >= 11 is 0. The van der Waals surface area contributed by atoms with Gasteiger partial charge in [-0.3, -0.25) is 19.3 Å². The number of carbonyl (C=O) groups excluding carboxylic acids is 3. The van der Waals surface area contributed by atoms with Crippen LogP contribution in [0.15, 0.2) is 53.3 Å². The van der Waals surface area contributed by atoms with E-state index < -0.39 is 12.0 Å². The van der Waals surface area contributed by atoms with E-state index in [0.29, 0.717) is 37.1 Å². The third-order valence-corrected chi connectivity index (χ3v) is 6.54. The molecule has 4 aliphatic rings. The Labute approximate surface area is 202 Å². The molecule has 0 unspecified atom stereocenters. The van der Waals surface area contributed by atoms with Gasteiger partial charge in [-0.05, 0) is 36.6 Å². The van der Waals surface area contributed by atoms with E-state index in [0.717, 1.165) is 5.69 Å². The van der Waals surface area contributed by atoms with E-state index in [-0.39, 0.29) is 66.4 Å². The number of carboxylic acids is 1. The molecule has 8 nitrogen and oxygen atoms in total. The third kappa shape index (κ3) is 3.24. The van der Waals surface area contributed by atoms with E-state index in [2.05, 4.69) is 0 Å². The second-order valence-electron chi connectivity index (χ2n) is 8.17. The Kier molecular flexibility index (Phi) is 5.57. The number of rotatable bonds is 3. The zero-order valence-corrected chi connectivity index (χ0v) is 19.4. The minimum absolute atomic E-state index is 0. The van der Waals surface area contributed by atoms with Gasteiger partial charge in [0, 0.05) is 37.2 Å². The molecule has 0 aromatic heterocycles. The number of allylic oxidation sites excluding steroid dienone is 2. The van der Waals surface area contributed by atoms with Crippen molar-refractivity contribution in [1.82, 2.24) is 9.80 Å². The number of β-lactam (4-membered cyclic amide) rings is 1. The molecule has 1 aromatic rings. The Bertz CT molecular complexity index is 1060. The summed E-state index contributed by atoms with van der Waals surface area (Å²) in [6.07, 6.45) is 2.59. The van der Waals surface area contributed by atoms with Crippen LogP contribution < -0.4 is 34.5 Å². The normalized spacial score (nSPS) is 28.0. The summed E-state index contributed by atoms with van der Waals surface area (Å²) in [7, 11) is 0. The number of hydrogen-bond donors (Lipinski definition) is 1. The molecule has 3 atom stereocenters. The van der Waals surface area contributed by atoms with Gasteiger partial charge < -0.3 is 16.3 Å². The molecule has 1 aromatic carbocycles. The summed E-state index contributed by atoms with van der Waals surface area (Å²) in [4.78, 5) is 54.1. The Balaban J connectivity index is 0.00000144. The Morgan fingerprint density at radius 1 is 1.19 bits per heavy atom.